The second-order valence-corrected chi connectivity index (χ2v) is 5.45. The third-order valence-corrected chi connectivity index (χ3v) is 3.69. The van der Waals surface area contributed by atoms with Crippen LogP contribution in [0, 0.1) is 6.92 Å². The number of rotatable bonds is 7. The van der Waals surface area contributed by atoms with Gasteiger partial charge in [-0.15, -0.1) is 0 Å². The zero-order valence-corrected chi connectivity index (χ0v) is 13.0. The summed E-state index contributed by atoms with van der Waals surface area (Å²) in [5, 5.41) is 3.30. The molecule has 6 nitrogen and oxygen atoms in total. The van der Waals surface area contributed by atoms with Crippen LogP contribution in [0.2, 0.25) is 0 Å². The number of piperazine rings is 1. The number of aryl methyl sites for hydroxylation is 1. The van der Waals surface area contributed by atoms with Crippen LogP contribution in [0.15, 0.2) is 6.07 Å². The van der Waals surface area contributed by atoms with E-state index in [9.17, 15) is 4.79 Å². The molecule has 0 aliphatic carbocycles. The Morgan fingerprint density at radius 3 is 2.67 bits per heavy atom. The third-order valence-electron chi connectivity index (χ3n) is 3.69. The summed E-state index contributed by atoms with van der Waals surface area (Å²) in [7, 11) is 0. The predicted molar refractivity (Wildman–Crippen MR) is 84.6 cm³/mol. The average molecular weight is 291 g/mol. The lowest BCUT2D eigenvalue weighted by atomic mass is 10.2. The number of aromatic nitrogens is 2. The molecule has 1 saturated heterocycles. The summed E-state index contributed by atoms with van der Waals surface area (Å²) in [4.78, 5) is 23.8. The molecule has 6 heteroatoms. The molecule has 1 amide bonds. The lowest BCUT2D eigenvalue weighted by molar-refractivity contribution is -0.118. The topological polar surface area (TPSA) is 61.4 Å². The van der Waals surface area contributed by atoms with Crippen molar-refractivity contribution in [3.8, 4) is 0 Å². The predicted octanol–water partition coefficient (Wildman–Crippen LogP) is 1.67. The normalized spacial score (nSPS) is 15.1. The van der Waals surface area contributed by atoms with E-state index >= 15 is 0 Å². The summed E-state index contributed by atoms with van der Waals surface area (Å²) >= 11 is 0. The average Bonchev–Trinajstić information content (AvgIpc) is 2.51. The maximum Gasteiger partial charge on any atom is 0.224 e. The zero-order valence-electron chi connectivity index (χ0n) is 13.0. The minimum Gasteiger partial charge on any atom is -0.354 e. The summed E-state index contributed by atoms with van der Waals surface area (Å²) in [6.45, 7) is 8.26. The Balaban J connectivity index is 1.96. The highest BCUT2D eigenvalue weighted by atomic mass is 16.1. The minimum atomic E-state index is 0.707. The molecule has 0 unspecified atom stereocenters. The van der Waals surface area contributed by atoms with Crippen LogP contribution in [-0.4, -0.2) is 54.0 Å². The van der Waals surface area contributed by atoms with Crippen LogP contribution in [-0.2, 0) is 4.79 Å². The van der Waals surface area contributed by atoms with E-state index in [0.29, 0.717) is 5.95 Å². The highest BCUT2D eigenvalue weighted by Gasteiger charge is 2.17. The molecule has 2 rings (SSSR count). The molecule has 0 bridgehead atoms. The molecule has 0 radical (unpaired) electrons. The first-order valence-corrected chi connectivity index (χ1v) is 7.76. The van der Waals surface area contributed by atoms with Crippen LogP contribution in [0.5, 0.6) is 0 Å². The van der Waals surface area contributed by atoms with Gasteiger partial charge in [0.25, 0.3) is 0 Å². The molecular formula is C15H25N5O. The summed E-state index contributed by atoms with van der Waals surface area (Å²) in [5.41, 5.74) is 0.968. The third kappa shape index (κ3) is 4.58. The first-order valence-electron chi connectivity index (χ1n) is 7.76. The van der Waals surface area contributed by atoms with Gasteiger partial charge in [-0.1, -0.05) is 19.8 Å². The largest absolute Gasteiger partial charge is 0.354 e. The quantitative estimate of drug-likeness (QED) is 0.611. The van der Waals surface area contributed by atoms with Gasteiger partial charge in [0.05, 0.1) is 0 Å². The molecule has 1 aliphatic rings. The van der Waals surface area contributed by atoms with Crippen molar-refractivity contribution in [3.05, 3.63) is 11.8 Å². The van der Waals surface area contributed by atoms with Crippen LogP contribution in [0.4, 0.5) is 11.8 Å². The summed E-state index contributed by atoms with van der Waals surface area (Å²) < 4.78 is 0. The molecule has 1 aromatic rings. The van der Waals surface area contributed by atoms with E-state index in [2.05, 4.69) is 27.1 Å². The number of carbonyl (C=O) groups excluding carboxylic acids is 1. The lowest BCUT2D eigenvalue weighted by Crippen LogP contribution is -2.46. The van der Waals surface area contributed by atoms with Gasteiger partial charge in [0.1, 0.15) is 5.82 Å². The number of amides is 1. The monoisotopic (exact) mass is 291 g/mol. The van der Waals surface area contributed by atoms with Crippen molar-refractivity contribution in [2.24, 2.45) is 0 Å². The van der Waals surface area contributed by atoms with Gasteiger partial charge in [-0.05, 0) is 13.3 Å². The lowest BCUT2D eigenvalue weighted by Gasteiger charge is -2.33. The summed E-state index contributed by atoms with van der Waals surface area (Å²) in [6.07, 6.45) is 4.49. The first-order chi connectivity index (χ1) is 10.2. The summed E-state index contributed by atoms with van der Waals surface area (Å²) in [6, 6.07) is 2.01. The first kappa shape index (κ1) is 15.5. The van der Waals surface area contributed by atoms with E-state index in [1.54, 1.807) is 4.90 Å². The fourth-order valence-electron chi connectivity index (χ4n) is 2.42. The van der Waals surface area contributed by atoms with Gasteiger partial charge in [0.15, 0.2) is 0 Å². The maximum absolute atomic E-state index is 10.8. The van der Waals surface area contributed by atoms with E-state index < -0.39 is 0 Å². The number of hydrogen-bond acceptors (Lipinski definition) is 5. The highest BCUT2D eigenvalue weighted by Crippen LogP contribution is 2.16. The minimum absolute atomic E-state index is 0.707. The molecule has 0 saturated carbocycles. The van der Waals surface area contributed by atoms with E-state index in [4.69, 9.17) is 0 Å². The Kier molecular flexibility index (Phi) is 5.78. The number of carbonyl (C=O) groups is 1. The smallest absolute Gasteiger partial charge is 0.224 e. The van der Waals surface area contributed by atoms with Gasteiger partial charge in [-0.3, -0.25) is 4.79 Å². The molecule has 0 atom stereocenters. The fourth-order valence-corrected chi connectivity index (χ4v) is 2.42. The van der Waals surface area contributed by atoms with Gasteiger partial charge in [-0.25, -0.2) is 4.98 Å². The van der Waals surface area contributed by atoms with Gasteiger partial charge < -0.3 is 15.1 Å². The number of nitrogens with one attached hydrogen (secondary N) is 1. The molecule has 2 heterocycles. The van der Waals surface area contributed by atoms with Crippen molar-refractivity contribution in [2.75, 3.05) is 42.9 Å². The van der Waals surface area contributed by atoms with Gasteiger partial charge in [0, 0.05) is 44.5 Å². The van der Waals surface area contributed by atoms with Gasteiger partial charge in [-0.2, -0.15) is 4.98 Å². The number of nitrogens with zero attached hydrogens (tertiary/aromatic N) is 4. The van der Waals surface area contributed by atoms with Crippen LogP contribution >= 0.6 is 0 Å². The van der Waals surface area contributed by atoms with Crippen LogP contribution < -0.4 is 10.2 Å². The van der Waals surface area contributed by atoms with E-state index in [1.165, 1.54) is 12.8 Å². The van der Waals surface area contributed by atoms with Crippen molar-refractivity contribution in [1.29, 1.82) is 0 Å². The van der Waals surface area contributed by atoms with Crippen LogP contribution in [0.25, 0.3) is 0 Å². The molecule has 1 fully saturated rings. The standard InChI is InChI=1S/C15H25N5O/c1-3-4-5-6-16-15-17-13(2)11-14(18-15)20-9-7-19(12-21)8-10-20/h11-12H,3-10H2,1-2H3,(H,16,17,18). The molecular weight excluding hydrogens is 266 g/mol. The Labute approximate surface area is 126 Å². The number of anilines is 2. The van der Waals surface area contributed by atoms with Crippen LogP contribution in [0.1, 0.15) is 31.9 Å². The molecule has 0 spiro atoms. The van der Waals surface area contributed by atoms with Crippen molar-refractivity contribution < 1.29 is 4.79 Å². The molecule has 116 valence electrons. The van der Waals surface area contributed by atoms with Crippen molar-refractivity contribution >= 4 is 18.2 Å². The van der Waals surface area contributed by atoms with Gasteiger partial charge >= 0.3 is 0 Å². The molecule has 21 heavy (non-hydrogen) atoms. The van der Waals surface area contributed by atoms with E-state index in [-0.39, 0.29) is 0 Å². The highest BCUT2D eigenvalue weighted by molar-refractivity contribution is 5.50. The maximum atomic E-state index is 10.8. The van der Waals surface area contributed by atoms with Crippen molar-refractivity contribution in [1.82, 2.24) is 14.9 Å². The second-order valence-electron chi connectivity index (χ2n) is 5.45. The van der Waals surface area contributed by atoms with Crippen molar-refractivity contribution in [3.63, 3.8) is 0 Å². The van der Waals surface area contributed by atoms with E-state index in [0.717, 1.165) is 57.1 Å². The Morgan fingerprint density at radius 2 is 2.00 bits per heavy atom. The fraction of sp³-hybridized carbons (Fsp3) is 0.667. The Morgan fingerprint density at radius 1 is 1.24 bits per heavy atom. The van der Waals surface area contributed by atoms with Gasteiger partial charge in [0.2, 0.25) is 12.4 Å². The number of hydrogen-bond donors (Lipinski definition) is 1. The SMILES string of the molecule is CCCCCNc1nc(C)cc(N2CCN(C=O)CC2)n1. The Hall–Kier alpha value is -1.85. The second kappa shape index (κ2) is 7.81. The number of unbranched alkanes of at least 4 members (excludes halogenated alkanes) is 2. The Bertz CT molecular complexity index is 457. The molecule has 1 aliphatic heterocycles. The molecule has 1 N–H and O–H groups in total. The molecule has 1 aromatic heterocycles. The summed E-state index contributed by atoms with van der Waals surface area (Å²) in [5.74, 6) is 1.66. The zero-order chi connectivity index (χ0) is 15.1. The van der Waals surface area contributed by atoms with Crippen LogP contribution in [0.3, 0.4) is 0 Å². The van der Waals surface area contributed by atoms with E-state index in [1.807, 2.05) is 13.0 Å². The van der Waals surface area contributed by atoms with Crippen molar-refractivity contribution in [2.45, 2.75) is 33.1 Å². The molecule has 0 aromatic carbocycles.